The van der Waals surface area contributed by atoms with Crippen molar-refractivity contribution in [2.75, 3.05) is 18.5 Å². The highest BCUT2D eigenvalue weighted by molar-refractivity contribution is 5.90. The van der Waals surface area contributed by atoms with Crippen LogP contribution in [0, 0.1) is 0 Å². The topological polar surface area (TPSA) is 68.5 Å². The number of carbonyl (C=O) groups is 1. The summed E-state index contributed by atoms with van der Waals surface area (Å²) in [6.07, 6.45) is 1.78. The largest absolute Gasteiger partial charge is 0.372 e. The second-order valence-electron chi connectivity index (χ2n) is 3.14. The van der Waals surface area contributed by atoms with Crippen LogP contribution in [-0.2, 0) is 9.53 Å². The van der Waals surface area contributed by atoms with Crippen LogP contribution in [0.5, 0.6) is 0 Å². The number of aromatic nitrogens is 3. The fraction of sp³-hybridized carbons (Fsp3) is 0.300. The molecule has 84 valence electrons. The van der Waals surface area contributed by atoms with Gasteiger partial charge < -0.3 is 4.74 Å². The van der Waals surface area contributed by atoms with Crippen molar-refractivity contribution in [3.8, 4) is 0 Å². The summed E-state index contributed by atoms with van der Waals surface area (Å²) in [6, 6.07) is 5.51. The molecule has 2 aromatic heterocycles. The molecule has 2 rings (SSSR count). The number of nitrogens with one attached hydrogen (secondary N) is 1. The SMILES string of the molecule is CCOCC(=O)Nc1nnc2ccccn12. The van der Waals surface area contributed by atoms with Crippen LogP contribution in [0.3, 0.4) is 0 Å². The van der Waals surface area contributed by atoms with E-state index in [2.05, 4.69) is 15.5 Å². The molecular weight excluding hydrogens is 208 g/mol. The first kappa shape index (κ1) is 10.6. The third kappa shape index (κ3) is 2.17. The summed E-state index contributed by atoms with van der Waals surface area (Å²) in [5, 5.41) is 10.4. The van der Waals surface area contributed by atoms with E-state index >= 15 is 0 Å². The highest BCUT2D eigenvalue weighted by Crippen LogP contribution is 2.06. The molecule has 0 fully saturated rings. The van der Waals surface area contributed by atoms with Gasteiger partial charge in [-0.3, -0.25) is 14.5 Å². The van der Waals surface area contributed by atoms with E-state index < -0.39 is 0 Å². The lowest BCUT2D eigenvalue weighted by Crippen LogP contribution is -2.19. The van der Waals surface area contributed by atoms with Crippen molar-refractivity contribution in [1.82, 2.24) is 14.6 Å². The lowest BCUT2D eigenvalue weighted by atomic mass is 10.5. The van der Waals surface area contributed by atoms with Gasteiger partial charge in [-0.2, -0.15) is 0 Å². The van der Waals surface area contributed by atoms with Gasteiger partial charge >= 0.3 is 0 Å². The summed E-state index contributed by atoms with van der Waals surface area (Å²) in [5.41, 5.74) is 0.689. The van der Waals surface area contributed by atoms with Gasteiger partial charge in [0.25, 0.3) is 5.91 Å². The number of hydrogen-bond donors (Lipinski definition) is 1. The Bertz CT molecular complexity index is 494. The van der Waals surface area contributed by atoms with Crippen LogP contribution < -0.4 is 5.32 Å². The molecule has 1 amide bonds. The first-order chi connectivity index (χ1) is 7.81. The average Bonchev–Trinajstić information content (AvgIpc) is 2.70. The Morgan fingerprint density at radius 1 is 1.50 bits per heavy atom. The fourth-order valence-corrected chi connectivity index (χ4v) is 1.28. The summed E-state index contributed by atoms with van der Waals surface area (Å²) in [6.45, 7) is 2.37. The molecule has 0 atom stereocenters. The van der Waals surface area contributed by atoms with Gasteiger partial charge in [0.05, 0.1) is 0 Å². The molecule has 0 aliphatic rings. The van der Waals surface area contributed by atoms with Crippen molar-refractivity contribution in [2.45, 2.75) is 6.92 Å². The molecule has 0 saturated carbocycles. The quantitative estimate of drug-likeness (QED) is 0.823. The van der Waals surface area contributed by atoms with Gasteiger partial charge in [-0.15, -0.1) is 10.2 Å². The van der Waals surface area contributed by atoms with E-state index in [1.807, 2.05) is 25.1 Å². The molecule has 0 saturated heterocycles. The van der Waals surface area contributed by atoms with E-state index in [-0.39, 0.29) is 12.5 Å². The van der Waals surface area contributed by atoms with Crippen LogP contribution >= 0.6 is 0 Å². The van der Waals surface area contributed by atoms with Crippen LogP contribution in [0.4, 0.5) is 5.95 Å². The van der Waals surface area contributed by atoms with Gasteiger partial charge in [0.15, 0.2) is 5.65 Å². The normalized spacial score (nSPS) is 10.6. The molecule has 0 bridgehead atoms. The highest BCUT2D eigenvalue weighted by atomic mass is 16.5. The number of hydrogen-bond acceptors (Lipinski definition) is 4. The van der Waals surface area contributed by atoms with Crippen molar-refractivity contribution in [3.63, 3.8) is 0 Å². The number of anilines is 1. The molecule has 0 radical (unpaired) electrons. The molecule has 2 aromatic rings. The second-order valence-corrected chi connectivity index (χ2v) is 3.14. The van der Waals surface area contributed by atoms with Gasteiger partial charge in [0.2, 0.25) is 5.95 Å². The van der Waals surface area contributed by atoms with Crippen molar-refractivity contribution in [1.29, 1.82) is 0 Å². The fourth-order valence-electron chi connectivity index (χ4n) is 1.28. The summed E-state index contributed by atoms with van der Waals surface area (Å²) < 4.78 is 6.68. The van der Waals surface area contributed by atoms with Crippen LogP contribution in [-0.4, -0.2) is 33.7 Å². The third-order valence-electron chi connectivity index (χ3n) is 2.00. The monoisotopic (exact) mass is 220 g/mol. The molecule has 2 heterocycles. The van der Waals surface area contributed by atoms with Gasteiger partial charge in [0.1, 0.15) is 6.61 Å². The third-order valence-corrected chi connectivity index (χ3v) is 2.00. The molecule has 6 heteroatoms. The summed E-state index contributed by atoms with van der Waals surface area (Å²) >= 11 is 0. The highest BCUT2D eigenvalue weighted by Gasteiger charge is 2.07. The van der Waals surface area contributed by atoms with Gasteiger partial charge in [0, 0.05) is 12.8 Å². The summed E-state index contributed by atoms with van der Waals surface area (Å²) in [4.78, 5) is 11.4. The lowest BCUT2D eigenvalue weighted by molar-refractivity contribution is -0.120. The Labute approximate surface area is 92.2 Å². The first-order valence-electron chi connectivity index (χ1n) is 4.98. The number of rotatable bonds is 4. The number of ether oxygens (including phenoxy) is 1. The van der Waals surface area contributed by atoms with Gasteiger partial charge in [-0.1, -0.05) is 6.07 Å². The van der Waals surface area contributed by atoms with Crippen LogP contribution in [0.2, 0.25) is 0 Å². The van der Waals surface area contributed by atoms with E-state index in [1.165, 1.54) is 0 Å². The molecule has 16 heavy (non-hydrogen) atoms. The molecule has 6 nitrogen and oxygen atoms in total. The zero-order chi connectivity index (χ0) is 11.4. The summed E-state index contributed by atoms with van der Waals surface area (Å²) in [7, 11) is 0. The Morgan fingerprint density at radius 3 is 3.19 bits per heavy atom. The molecule has 1 N–H and O–H groups in total. The smallest absolute Gasteiger partial charge is 0.252 e. The van der Waals surface area contributed by atoms with Crippen molar-refractivity contribution >= 4 is 17.5 Å². The van der Waals surface area contributed by atoms with Crippen LogP contribution in [0.15, 0.2) is 24.4 Å². The van der Waals surface area contributed by atoms with E-state index in [9.17, 15) is 4.79 Å². The molecule has 0 aromatic carbocycles. The Hall–Kier alpha value is -1.95. The summed E-state index contributed by atoms with van der Waals surface area (Å²) in [5.74, 6) is 0.167. The Kier molecular flexibility index (Phi) is 3.11. The maximum Gasteiger partial charge on any atom is 0.252 e. The number of fused-ring (bicyclic) bond motifs is 1. The first-order valence-corrected chi connectivity index (χ1v) is 4.98. The second kappa shape index (κ2) is 4.71. The van der Waals surface area contributed by atoms with E-state index in [1.54, 1.807) is 10.6 Å². The van der Waals surface area contributed by atoms with Crippen molar-refractivity contribution in [2.24, 2.45) is 0 Å². The Morgan fingerprint density at radius 2 is 2.38 bits per heavy atom. The van der Waals surface area contributed by atoms with E-state index in [4.69, 9.17) is 4.74 Å². The minimum atomic E-state index is -0.236. The standard InChI is InChI=1S/C10H12N4O2/c1-2-16-7-9(15)11-10-13-12-8-5-3-4-6-14(8)10/h3-6H,2,7H2,1H3,(H,11,13,15). The van der Waals surface area contributed by atoms with Gasteiger partial charge in [-0.25, -0.2) is 0 Å². The minimum Gasteiger partial charge on any atom is -0.372 e. The molecular formula is C10H12N4O2. The minimum absolute atomic E-state index is 0.0260. The van der Waals surface area contributed by atoms with Crippen LogP contribution in [0.1, 0.15) is 6.92 Å². The van der Waals surface area contributed by atoms with Crippen molar-refractivity contribution < 1.29 is 9.53 Å². The number of nitrogens with zero attached hydrogens (tertiary/aromatic N) is 3. The Balaban J connectivity index is 2.12. The predicted octanol–water partition coefficient (Wildman–Crippen LogP) is 0.704. The number of pyridine rings is 1. The molecule has 0 unspecified atom stereocenters. The predicted molar refractivity (Wildman–Crippen MR) is 58.1 cm³/mol. The number of amides is 1. The molecule has 0 spiro atoms. The zero-order valence-corrected chi connectivity index (χ0v) is 8.88. The van der Waals surface area contributed by atoms with Gasteiger partial charge in [-0.05, 0) is 19.1 Å². The maximum atomic E-state index is 11.4. The number of carbonyl (C=O) groups excluding carboxylic acids is 1. The molecule has 0 aliphatic heterocycles. The van der Waals surface area contributed by atoms with E-state index in [0.717, 1.165) is 0 Å². The lowest BCUT2D eigenvalue weighted by Gasteiger charge is -2.02. The average molecular weight is 220 g/mol. The zero-order valence-electron chi connectivity index (χ0n) is 8.88. The molecule has 0 aliphatic carbocycles. The van der Waals surface area contributed by atoms with Crippen LogP contribution in [0.25, 0.3) is 5.65 Å². The maximum absolute atomic E-state index is 11.4. The van der Waals surface area contributed by atoms with Crippen molar-refractivity contribution in [3.05, 3.63) is 24.4 Å². The van der Waals surface area contributed by atoms with E-state index in [0.29, 0.717) is 18.2 Å².